The minimum absolute atomic E-state index is 0.244. The fourth-order valence-electron chi connectivity index (χ4n) is 2.74. The average molecular weight is 210 g/mol. The maximum Gasteiger partial charge on any atom is 0.223 e. The summed E-state index contributed by atoms with van der Waals surface area (Å²) >= 11 is 0. The Morgan fingerprint density at radius 2 is 1.93 bits per heavy atom. The van der Waals surface area contributed by atoms with Gasteiger partial charge in [-0.3, -0.25) is 4.79 Å². The van der Waals surface area contributed by atoms with E-state index in [1.807, 2.05) is 0 Å². The zero-order chi connectivity index (χ0) is 10.7. The molecule has 0 heterocycles. The largest absolute Gasteiger partial charge is 0.355 e. The summed E-state index contributed by atoms with van der Waals surface area (Å²) in [5.41, 5.74) is 6.00. The molecular formula is C12H22N2O. The zero-order valence-electron chi connectivity index (χ0n) is 9.43. The van der Waals surface area contributed by atoms with Crippen molar-refractivity contribution in [3.63, 3.8) is 0 Å². The minimum Gasteiger partial charge on any atom is -0.355 e. The summed E-state index contributed by atoms with van der Waals surface area (Å²) in [5, 5.41) is 3.10. The molecule has 2 saturated carbocycles. The molecule has 0 bridgehead atoms. The number of hydrogen-bond acceptors (Lipinski definition) is 2. The van der Waals surface area contributed by atoms with Gasteiger partial charge in [-0.15, -0.1) is 0 Å². The first-order valence-corrected chi connectivity index (χ1v) is 6.24. The second kappa shape index (κ2) is 4.52. The molecule has 15 heavy (non-hydrogen) atoms. The second-order valence-electron chi connectivity index (χ2n) is 5.26. The van der Waals surface area contributed by atoms with Crippen molar-refractivity contribution in [1.82, 2.24) is 5.32 Å². The lowest BCUT2D eigenvalue weighted by Crippen LogP contribution is -2.47. The van der Waals surface area contributed by atoms with Gasteiger partial charge in [-0.25, -0.2) is 0 Å². The molecule has 0 spiro atoms. The molecule has 0 radical (unpaired) electrons. The van der Waals surface area contributed by atoms with Gasteiger partial charge in [0, 0.05) is 12.5 Å². The van der Waals surface area contributed by atoms with E-state index in [1.165, 1.54) is 32.1 Å². The van der Waals surface area contributed by atoms with Crippen LogP contribution in [0, 0.1) is 11.3 Å². The number of nitrogens with one attached hydrogen (secondary N) is 1. The second-order valence-corrected chi connectivity index (χ2v) is 5.26. The Morgan fingerprint density at radius 1 is 1.27 bits per heavy atom. The van der Waals surface area contributed by atoms with Crippen molar-refractivity contribution in [1.29, 1.82) is 0 Å². The Balaban J connectivity index is 1.74. The number of nitrogens with two attached hydrogens (primary N) is 1. The fourth-order valence-corrected chi connectivity index (χ4v) is 2.74. The van der Waals surface area contributed by atoms with Crippen LogP contribution in [-0.2, 0) is 4.79 Å². The maximum atomic E-state index is 11.8. The third kappa shape index (κ3) is 2.33. The van der Waals surface area contributed by atoms with Gasteiger partial charge < -0.3 is 11.1 Å². The first-order chi connectivity index (χ1) is 7.26. The van der Waals surface area contributed by atoms with Crippen LogP contribution >= 0.6 is 0 Å². The Labute approximate surface area is 91.8 Å². The van der Waals surface area contributed by atoms with Gasteiger partial charge in [-0.2, -0.15) is 0 Å². The van der Waals surface area contributed by atoms with Gasteiger partial charge in [-0.05, 0) is 37.6 Å². The summed E-state index contributed by atoms with van der Waals surface area (Å²) < 4.78 is 0. The highest BCUT2D eigenvalue weighted by molar-refractivity contribution is 5.78. The Morgan fingerprint density at radius 3 is 2.40 bits per heavy atom. The highest BCUT2D eigenvalue weighted by Gasteiger charge is 2.36. The standard InChI is InChI=1S/C12H22N2O/c13-8-12(6-3-7-12)9-14-11(15)10-4-1-2-5-10/h10H,1-9,13H2,(H,14,15). The van der Waals surface area contributed by atoms with Gasteiger partial charge in [0.1, 0.15) is 0 Å². The molecule has 0 aliphatic heterocycles. The molecule has 0 atom stereocenters. The third-order valence-corrected chi connectivity index (χ3v) is 4.21. The van der Waals surface area contributed by atoms with Crippen molar-refractivity contribution in [3.8, 4) is 0 Å². The van der Waals surface area contributed by atoms with E-state index in [1.54, 1.807) is 0 Å². The van der Waals surface area contributed by atoms with Crippen LogP contribution < -0.4 is 11.1 Å². The maximum absolute atomic E-state index is 11.8. The van der Waals surface area contributed by atoms with Crippen LogP contribution in [0.3, 0.4) is 0 Å². The van der Waals surface area contributed by atoms with E-state index < -0.39 is 0 Å². The van der Waals surface area contributed by atoms with E-state index in [9.17, 15) is 4.79 Å². The van der Waals surface area contributed by atoms with Crippen molar-refractivity contribution in [3.05, 3.63) is 0 Å². The summed E-state index contributed by atoms with van der Waals surface area (Å²) in [5.74, 6) is 0.562. The van der Waals surface area contributed by atoms with E-state index in [-0.39, 0.29) is 11.3 Å². The summed E-state index contributed by atoms with van der Waals surface area (Å²) in [6.07, 6.45) is 8.27. The molecule has 0 aromatic carbocycles. The van der Waals surface area contributed by atoms with Gasteiger partial charge in [0.15, 0.2) is 0 Å². The van der Waals surface area contributed by atoms with Gasteiger partial charge in [0.2, 0.25) is 5.91 Å². The van der Waals surface area contributed by atoms with E-state index in [0.29, 0.717) is 5.92 Å². The molecule has 2 aliphatic rings. The van der Waals surface area contributed by atoms with E-state index in [2.05, 4.69) is 5.32 Å². The normalized spacial score (nSPS) is 24.9. The summed E-state index contributed by atoms with van der Waals surface area (Å²) in [6.45, 7) is 1.52. The molecule has 3 nitrogen and oxygen atoms in total. The summed E-state index contributed by atoms with van der Waals surface area (Å²) in [4.78, 5) is 11.8. The predicted octanol–water partition coefficient (Wildman–Crippen LogP) is 1.42. The van der Waals surface area contributed by atoms with Crippen LogP contribution in [0.1, 0.15) is 44.9 Å². The quantitative estimate of drug-likeness (QED) is 0.737. The van der Waals surface area contributed by atoms with Gasteiger partial charge in [-0.1, -0.05) is 19.3 Å². The summed E-state index contributed by atoms with van der Waals surface area (Å²) in [6, 6.07) is 0. The van der Waals surface area contributed by atoms with Crippen molar-refractivity contribution in [2.45, 2.75) is 44.9 Å². The molecule has 86 valence electrons. The number of carbonyl (C=O) groups excluding carboxylic acids is 1. The van der Waals surface area contributed by atoms with E-state index >= 15 is 0 Å². The summed E-state index contributed by atoms with van der Waals surface area (Å²) in [7, 11) is 0. The number of carbonyl (C=O) groups is 1. The molecule has 1 amide bonds. The Bertz CT molecular complexity index is 224. The molecule has 0 saturated heterocycles. The molecule has 3 heteroatoms. The zero-order valence-corrected chi connectivity index (χ0v) is 9.43. The minimum atomic E-state index is 0.244. The SMILES string of the molecule is NCC1(CNC(=O)C2CCCC2)CCC1. The molecule has 0 unspecified atom stereocenters. The van der Waals surface area contributed by atoms with Crippen LogP contribution in [0.4, 0.5) is 0 Å². The Kier molecular flexibility index (Phi) is 3.29. The number of amides is 1. The number of hydrogen-bond donors (Lipinski definition) is 2. The lowest BCUT2D eigenvalue weighted by atomic mass is 9.69. The van der Waals surface area contributed by atoms with Gasteiger partial charge in [0.25, 0.3) is 0 Å². The number of rotatable bonds is 4. The fraction of sp³-hybridized carbons (Fsp3) is 0.917. The predicted molar refractivity (Wildman–Crippen MR) is 60.3 cm³/mol. The molecule has 2 aliphatic carbocycles. The van der Waals surface area contributed by atoms with Crippen LogP contribution in [0.25, 0.3) is 0 Å². The van der Waals surface area contributed by atoms with Crippen LogP contribution in [-0.4, -0.2) is 19.0 Å². The first kappa shape index (κ1) is 10.9. The highest BCUT2D eigenvalue weighted by Crippen LogP contribution is 2.39. The van der Waals surface area contributed by atoms with Gasteiger partial charge in [0.05, 0.1) is 0 Å². The lowest BCUT2D eigenvalue weighted by molar-refractivity contribution is -0.125. The van der Waals surface area contributed by atoms with Crippen molar-refractivity contribution < 1.29 is 4.79 Å². The lowest BCUT2D eigenvalue weighted by Gasteiger charge is -2.41. The van der Waals surface area contributed by atoms with E-state index in [0.717, 1.165) is 25.9 Å². The molecule has 3 N–H and O–H groups in total. The van der Waals surface area contributed by atoms with Crippen LogP contribution in [0.5, 0.6) is 0 Å². The molecular weight excluding hydrogens is 188 g/mol. The van der Waals surface area contributed by atoms with Crippen LogP contribution in [0.15, 0.2) is 0 Å². The smallest absolute Gasteiger partial charge is 0.223 e. The van der Waals surface area contributed by atoms with Crippen molar-refractivity contribution >= 4 is 5.91 Å². The molecule has 2 fully saturated rings. The average Bonchev–Trinajstić information content (AvgIpc) is 2.69. The third-order valence-electron chi connectivity index (χ3n) is 4.21. The molecule has 2 rings (SSSR count). The van der Waals surface area contributed by atoms with Gasteiger partial charge >= 0.3 is 0 Å². The monoisotopic (exact) mass is 210 g/mol. The first-order valence-electron chi connectivity index (χ1n) is 6.24. The topological polar surface area (TPSA) is 55.1 Å². The van der Waals surface area contributed by atoms with Crippen LogP contribution in [0.2, 0.25) is 0 Å². The van der Waals surface area contributed by atoms with Crippen molar-refractivity contribution in [2.24, 2.45) is 17.1 Å². The Hall–Kier alpha value is -0.570. The highest BCUT2D eigenvalue weighted by atomic mass is 16.1. The van der Waals surface area contributed by atoms with Crippen molar-refractivity contribution in [2.75, 3.05) is 13.1 Å². The van der Waals surface area contributed by atoms with E-state index in [4.69, 9.17) is 5.73 Å². The molecule has 0 aromatic heterocycles. The molecule has 0 aromatic rings.